The quantitative estimate of drug-likeness (QED) is 0.613. The SMILES string of the molecule is CNCC1CC1c1ccc([N+](=O)[O-])s1. The number of rotatable bonds is 4. The fraction of sp³-hybridized carbons (Fsp3) is 0.556. The van der Waals surface area contributed by atoms with Gasteiger partial charge in [0.15, 0.2) is 0 Å². The first kappa shape index (κ1) is 9.61. The molecule has 2 unspecified atom stereocenters. The first-order valence-electron chi connectivity index (χ1n) is 4.61. The van der Waals surface area contributed by atoms with E-state index in [4.69, 9.17) is 0 Å². The minimum atomic E-state index is -0.316. The van der Waals surface area contributed by atoms with Gasteiger partial charge in [-0.3, -0.25) is 10.1 Å². The molecule has 0 bridgehead atoms. The highest BCUT2D eigenvalue weighted by Crippen LogP contribution is 2.50. The van der Waals surface area contributed by atoms with Gasteiger partial charge in [-0.15, -0.1) is 0 Å². The average Bonchev–Trinajstić information content (AvgIpc) is 2.75. The average molecular weight is 212 g/mol. The zero-order valence-electron chi connectivity index (χ0n) is 7.90. The first-order valence-corrected chi connectivity index (χ1v) is 5.42. The van der Waals surface area contributed by atoms with Crippen LogP contribution in [0, 0.1) is 16.0 Å². The van der Waals surface area contributed by atoms with Crippen molar-refractivity contribution in [2.24, 2.45) is 5.92 Å². The molecule has 0 radical (unpaired) electrons. The maximum atomic E-state index is 10.5. The number of hydrogen-bond acceptors (Lipinski definition) is 4. The van der Waals surface area contributed by atoms with Gasteiger partial charge < -0.3 is 5.32 Å². The van der Waals surface area contributed by atoms with Gasteiger partial charge in [-0.1, -0.05) is 11.3 Å². The van der Waals surface area contributed by atoms with Crippen LogP contribution in [-0.2, 0) is 0 Å². The lowest BCUT2D eigenvalue weighted by atomic mass is 10.2. The summed E-state index contributed by atoms with van der Waals surface area (Å²) in [5, 5.41) is 13.9. The molecule has 76 valence electrons. The second-order valence-electron chi connectivity index (χ2n) is 3.59. The van der Waals surface area contributed by atoms with Crippen LogP contribution in [-0.4, -0.2) is 18.5 Å². The van der Waals surface area contributed by atoms with Gasteiger partial charge in [-0.05, 0) is 37.9 Å². The molecule has 2 rings (SSSR count). The highest BCUT2D eigenvalue weighted by atomic mass is 32.1. The van der Waals surface area contributed by atoms with Crippen LogP contribution >= 0.6 is 11.3 Å². The van der Waals surface area contributed by atoms with E-state index in [0.29, 0.717) is 11.8 Å². The van der Waals surface area contributed by atoms with Crippen molar-refractivity contribution in [3.05, 3.63) is 27.1 Å². The molecule has 14 heavy (non-hydrogen) atoms. The Balaban J connectivity index is 2.01. The van der Waals surface area contributed by atoms with Crippen molar-refractivity contribution >= 4 is 16.3 Å². The standard InChI is InChI=1S/C9H12N2O2S/c1-10-5-6-4-7(6)8-2-3-9(14-8)11(12)13/h2-3,6-7,10H,4-5H2,1H3. The van der Waals surface area contributed by atoms with Gasteiger partial charge >= 0.3 is 5.00 Å². The van der Waals surface area contributed by atoms with Crippen LogP contribution in [0.1, 0.15) is 17.2 Å². The lowest BCUT2D eigenvalue weighted by Crippen LogP contribution is -2.09. The fourth-order valence-corrected chi connectivity index (χ4v) is 2.75. The second-order valence-corrected chi connectivity index (χ2v) is 4.69. The van der Waals surface area contributed by atoms with Crippen LogP contribution in [0.2, 0.25) is 0 Å². The summed E-state index contributed by atoms with van der Waals surface area (Å²) in [4.78, 5) is 11.3. The van der Waals surface area contributed by atoms with E-state index in [-0.39, 0.29) is 9.92 Å². The van der Waals surface area contributed by atoms with Gasteiger partial charge in [0.1, 0.15) is 0 Å². The van der Waals surface area contributed by atoms with Crippen molar-refractivity contribution in [2.45, 2.75) is 12.3 Å². The lowest BCUT2D eigenvalue weighted by Gasteiger charge is -1.94. The van der Waals surface area contributed by atoms with Crippen LogP contribution in [0.4, 0.5) is 5.00 Å². The molecule has 4 nitrogen and oxygen atoms in total. The minimum Gasteiger partial charge on any atom is -0.319 e. The zero-order valence-corrected chi connectivity index (χ0v) is 8.71. The van der Waals surface area contributed by atoms with Crippen molar-refractivity contribution in [1.29, 1.82) is 0 Å². The smallest absolute Gasteiger partial charge is 0.319 e. The number of nitrogens with zero attached hydrogens (tertiary/aromatic N) is 1. The Hall–Kier alpha value is -0.940. The molecular formula is C9H12N2O2S. The number of nitrogens with one attached hydrogen (secondary N) is 1. The lowest BCUT2D eigenvalue weighted by molar-refractivity contribution is -0.380. The molecule has 1 N–H and O–H groups in total. The monoisotopic (exact) mass is 212 g/mol. The highest BCUT2D eigenvalue weighted by Gasteiger charge is 2.39. The molecule has 1 fully saturated rings. The van der Waals surface area contributed by atoms with Crippen molar-refractivity contribution in [2.75, 3.05) is 13.6 Å². The first-order chi connectivity index (χ1) is 6.72. The third-order valence-corrected chi connectivity index (χ3v) is 3.72. The molecule has 1 saturated carbocycles. The predicted molar refractivity (Wildman–Crippen MR) is 55.7 cm³/mol. The maximum absolute atomic E-state index is 10.5. The van der Waals surface area contributed by atoms with Crippen molar-refractivity contribution in [3.8, 4) is 0 Å². The van der Waals surface area contributed by atoms with Crippen molar-refractivity contribution in [3.63, 3.8) is 0 Å². The van der Waals surface area contributed by atoms with Gasteiger partial charge in [0.25, 0.3) is 0 Å². The summed E-state index contributed by atoms with van der Waals surface area (Å²) in [5.74, 6) is 1.24. The Morgan fingerprint density at radius 2 is 2.50 bits per heavy atom. The number of hydrogen-bond donors (Lipinski definition) is 1. The second kappa shape index (κ2) is 3.67. The molecule has 1 aliphatic rings. The van der Waals surface area contributed by atoms with Crippen molar-refractivity contribution in [1.82, 2.24) is 5.32 Å². The van der Waals surface area contributed by atoms with Crippen LogP contribution in [0.3, 0.4) is 0 Å². The predicted octanol–water partition coefficient (Wildman–Crippen LogP) is 1.98. The van der Waals surface area contributed by atoms with E-state index in [0.717, 1.165) is 11.4 Å². The molecule has 0 aliphatic heterocycles. The fourth-order valence-electron chi connectivity index (χ4n) is 1.72. The Morgan fingerprint density at radius 3 is 3.07 bits per heavy atom. The molecule has 1 aromatic rings. The van der Waals surface area contributed by atoms with E-state index >= 15 is 0 Å². The van der Waals surface area contributed by atoms with E-state index in [9.17, 15) is 10.1 Å². The summed E-state index contributed by atoms with van der Waals surface area (Å²) in [6.45, 7) is 1.01. The highest BCUT2D eigenvalue weighted by molar-refractivity contribution is 7.15. The third-order valence-electron chi connectivity index (χ3n) is 2.55. The van der Waals surface area contributed by atoms with E-state index < -0.39 is 0 Å². The Labute approximate surface area is 86.1 Å². The van der Waals surface area contributed by atoms with Crippen molar-refractivity contribution < 1.29 is 4.92 Å². The molecular weight excluding hydrogens is 200 g/mol. The summed E-state index contributed by atoms with van der Waals surface area (Å²) in [6, 6.07) is 3.50. The molecule has 0 saturated heterocycles. The largest absolute Gasteiger partial charge is 0.324 e. The Bertz CT molecular complexity index is 350. The van der Waals surface area contributed by atoms with Gasteiger partial charge in [-0.2, -0.15) is 0 Å². The minimum absolute atomic E-state index is 0.259. The topological polar surface area (TPSA) is 55.2 Å². The van der Waals surface area contributed by atoms with Gasteiger partial charge in [0, 0.05) is 10.9 Å². The van der Waals surface area contributed by atoms with Gasteiger partial charge in [-0.25, -0.2) is 0 Å². The van der Waals surface area contributed by atoms with Crippen LogP contribution < -0.4 is 5.32 Å². The summed E-state index contributed by atoms with van der Waals surface area (Å²) < 4.78 is 0. The molecule has 1 aliphatic carbocycles. The molecule has 0 aromatic carbocycles. The maximum Gasteiger partial charge on any atom is 0.324 e. The molecule has 0 amide bonds. The number of thiophene rings is 1. The number of nitro groups is 1. The van der Waals surface area contributed by atoms with Crippen LogP contribution in [0.25, 0.3) is 0 Å². The van der Waals surface area contributed by atoms with E-state index in [1.165, 1.54) is 17.8 Å². The third kappa shape index (κ3) is 1.78. The molecule has 5 heteroatoms. The Morgan fingerprint density at radius 1 is 1.71 bits per heavy atom. The molecule has 0 spiro atoms. The summed E-state index contributed by atoms with van der Waals surface area (Å²) in [6.07, 6.45) is 1.17. The summed E-state index contributed by atoms with van der Waals surface area (Å²) in [7, 11) is 1.94. The van der Waals surface area contributed by atoms with E-state index in [1.54, 1.807) is 6.07 Å². The van der Waals surface area contributed by atoms with Gasteiger partial charge in [0.2, 0.25) is 0 Å². The molecule has 1 aromatic heterocycles. The molecule has 1 heterocycles. The van der Waals surface area contributed by atoms with Crippen LogP contribution in [0.15, 0.2) is 12.1 Å². The van der Waals surface area contributed by atoms with Gasteiger partial charge in [0.05, 0.1) is 4.92 Å². The van der Waals surface area contributed by atoms with E-state index in [1.807, 2.05) is 13.1 Å². The molecule has 2 atom stereocenters. The van der Waals surface area contributed by atoms with Crippen LogP contribution in [0.5, 0.6) is 0 Å². The summed E-state index contributed by atoms with van der Waals surface area (Å²) in [5.41, 5.74) is 0. The Kier molecular flexibility index (Phi) is 2.52. The zero-order chi connectivity index (χ0) is 10.1. The normalized spacial score (nSPS) is 24.9. The summed E-state index contributed by atoms with van der Waals surface area (Å²) >= 11 is 1.31. The van der Waals surface area contributed by atoms with E-state index in [2.05, 4.69) is 5.32 Å².